The monoisotopic (exact) mass is 459 g/mol. The molecule has 3 aromatic carbocycles. The number of hydrogen-bond donors (Lipinski definition) is 2. The van der Waals surface area contributed by atoms with Crippen molar-refractivity contribution in [2.75, 3.05) is 12.4 Å². The molecule has 0 saturated carbocycles. The predicted molar refractivity (Wildman–Crippen MR) is 135 cm³/mol. The van der Waals surface area contributed by atoms with Crippen LogP contribution < -0.4 is 15.4 Å². The van der Waals surface area contributed by atoms with Gasteiger partial charge < -0.3 is 14.5 Å². The summed E-state index contributed by atoms with van der Waals surface area (Å²) < 4.78 is 11.1. The first-order chi connectivity index (χ1) is 16.0. The lowest BCUT2D eigenvalue weighted by Crippen LogP contribution is -2.34. The van der Waals surface area contributed by atoms with E-state index in [9.17, 15) is 4.79 Å². The average molecular weight is 460 g/mol. The van der Waals surface area contributed by atoms with Gasteiger partial charge in [0.2, 0.25) is 5.89 Å². The summed E-state index contributed by atoms with van der Waals surface area (Å²) in [5.74, 6) is 1.38. The Balaban J connectivity index is 1.47. The van der Waals surface area contributed by atoms with Crippen LogP contribution in [0, 0.1) is 0 Å². The fourth-order valence-corrected chi connectivity index (χ4v) is 3.63. The highest BCUT2D eigenvalue weighted by molar-refractivity contribution is 7.80. The van der Waals surface area contributed by atoms with Crippen LogP contribution >= 0.6 is 12.2 Å². The zero-order chi connectivity index (χ0) is 23.4. The summed E-state index contributed by atoms with van der Waals surface area (Å²) in [6.45, 7) is 4.37. The first kappa shape index (κ1) is 22.5. The molecule has 0 aliphatic rings. The van der Waals surface area contributed by atoms with Gasteiger partial charge in [0.25, 0.3) is 5.91 Å². The van der Waals surface area contributed by atoms with E-state index in [4.69, 9.17) is 21.4 Å². The van der Waals surface area contributed by atoms with Gasteiger partial charge in [-0.05, 0) is 84.7 Å². The van der Waals surface area contributed by atoms with Crippen molar-refractivity contribution in [3.8, 4) is 17.2 Å². The SMILES string of the molecule is CC[C@H](C)c1ccc2oc(-c3cccc(NC(=S)NC(=O)c4ccc(OC)cc4)c3)nc2c1. The van der Waals surface area contributed by atoms with Gasteiger partial charge in [0.15, 0.2) is 10.7 Å². The summed E-state index contributed by atoms with van der Waals surface area (Å²) in [6.07, 6.45) is 1.07. The third-order valence-corrected chi connectivity index (χ3v) is 5.74. The number of hydrogen-bond acceptors (Lipinski definition) is 5. The summed E-state index contributed by atoms with van der Waals surface area (Å²) in [5.41, 5.74) is 4.84. The molecule has 1 aromatic heterocycles. The number of anilines is 1. The largest absolute Gasteiger partial charge is 0.497 e. The Morgan fingerprint density at radius 1 is 1.12 bits per heavy atom. The van der Waals surface area contributed by atoms with Crippen LogP contribution in [0.25, 0.3) is 22.6 Å². The third-order valence-electron chi connectivity index (χ3n) is 5.54. The Bertz CT molecular complexity index is 1300. The van der Waals surface area contributed by atoms with Crippen molar-refractivity contribution in [3.63, 3.8) is 0 Å². The number of nitrogens with one attached hydrogen (secondary N) is 2. The molecule has 0 saturated heterocycles. The molecule has 0 bridgehead atoms. The number of aromatic nitrogens is 1. The van der Waals surface area contributed by atoms with Gasteiger partial charge in [-0.3, -0.25) is 10.1 Å². The molecule has 0 unspecified atom stereocenters. The highest BCUT2D eigenvalue weighted by Gasteiger charge is 2.12. The van der Waals surface area contributed by atoms with Crippen LogP contribution in [0.1, 0.15) is 42.1 Å². The Morgan fingerprint density at radius 3 is 2.64 bits per heavy atom. The van der Waals surface area contributed by atoms with Crippen molar-refractivity contribution in [3.05, 3.63) is 77.9 Å². The Hall–Kier alpha value is -3.71. The maximum atomic E-state index is 12.4. The van der Waals surface area contributed by atoms with Crippen molar-refractivity contribution < 1.29 is 13.9 Å². The molecule has 0 radical (unpaired) electrons. The van der Waals surface area contributed by atoms with Crippen LogP contribution in [0.3, 0.4) is 0 Å². The summed E-state index contributed by atoms with van der Waals surface area (Å²) in [6, 6.07) is 20.5. The zero-order valence-corrected chi connectivity index (χ0v) is 19.5. The van der Waals surface area contributed by atoms with E-state index in [2.05, 4.69) is 41.6 Å². The number of nitrogens with zero attached hydrogens (tertiary/aromatic N) is 1. The maximum absolute atomic E-state index is 12.4. The lowest BCUT2D eigenvalue weighted by Gasteiger charge is -2.10. The van der Waals surface area contributed by atoms with Crippen molar-refractivity contribution in [1.29, 1.82) is 0 Å². The van der Waals surface area contributed by atoms with Gasteiger partial charge in [-0.1, -0.05) is 26.0 Å². The molecule has 1 heterocycles. The molecule has 1 amide bonds. The molecule has 0 aliphatic heterocycles. The highest BCUT2D eigenvalue weighted by atomic mass is 32.1. The molecular formula is C26H25N3O3S. The second-order valence-corrected chi connectivity index (χ2v) is 8.18. The van der Waals surface area contributed by atoms with E-state index >= 15 is 0 Å². The molecule has 1 atom stereocenters. The minimum Gasteiger partial charge on any atom is -0.497 e. The van der Waals surface area contributed by atoms with Crippen LogP contribution in [0.5, 0.6) is 5.75 Å². The smallest absolute Gasteiger partial charge is 0.257 e. The number of amides is 1. The molecule has 6 nitrogen and oxygen atoms in total. The molecule has 4 rings (SSSR count). The summed E-state index contributed by atoms with van der Waals surface area (Å²) in [7, 11) is 1.58. The van der Waals surface area contributed by atoms with Crippen molar-refractivity contribution in [2.24, 2.45) is 0 Å². The molecule has 2 N–H and O–H groups in total. The Kier molecular flexibility index (Phi) is 6.70. The number of rotatable bonds is 6. The minimum atomic E-state index is -0.303. The normalized spacial score (nSPS) is 11.7. The van der Waals surface area contributed by atoms with E-state index in [-0.39, 0.29) is 11.0 Å². The number of methoxy groups -OCH3 is 1. The average Bonchev–Trinajstić information content (AvgIpc) is 3.27. The van der Waals surface area contributed by atoms with E-state index in [1.54, 1.807) is 31.4 Å². The van der Waals surface area contributed by atoms with Crippen LogP contribution in [0.4, 0.5) is 5.69 Å². The number of carbonyl (C=O) groups is 1. The fraction of sp³-hybridized carbons (Fsp3) is 0.192. The van der Waals surface area contributed by atoms with Crippen molar-refractivity contribution in [2.45, 2.75) is 26.2 Å². The number of thiocarbonyl (C=S) groups is 1. The van der Waals surface area contributed by atoms with E-state index < -0.39 is 0 Å². The standard InChI is InChI=1S/C26H25N3O3S/c1-4-16(2)18-10-13-23-22(15-18)28-25(32-23)19-6-5-7-20(14-19)27-26(33)29-24(30)17-8-11-21(31-3)12-9-17/h5-16H,4H2,1-3H3,(H2,27,29,30,33)/t16-/m0/s1. The van der Waals surface area contributed by atoms with E-state index in [0.717, 1.165) is 28.8 Å². The quantitative estimate of drug-likeness (QED) is 0.337. The van der Waals surface area contributed by atoms with E-state index in [1.165, 1.54) is 5.56 Å². The lowest BCUT2D eigenvalue weighted by molar-refractivity contribution is 0.0977. The maximum Gasteiger partial charge on any atom is 0.257 e. The summed E-state index contributed by atoms with van der Waals surface area (Å²) >= 11 is 5.32. The number of fused-ring (bicyclic) bond motifs is 1. The molecule has 0 fully saturated rings. The molecule has 168 valence electrons. The molecule has 0 aliphatic carbocycles. The van der Waals surface area contributed by atoms with Crippen LogP contribution in [0.2, 0.25) is 0 Å². The lowest BCUT2D eigenvalue weighted by atomic mass is 9.98. The van der Waals surface area contributed by atoms with Crippen LogP contribution in [0.15, 0.2) is 71.1 Å². The molecular weight excluding hydrogens is 434 g/mol. The number of oxazole rings is 1. The van der Waals surface area contributed by atoms with Gasteiger partial charge in [-0.15, -0.1) is 0 Å². The highest BCUT2D eigenvalue weighted by Crippen LogP contribution is 2.29. The van der Waals surface area contributed by atoms with E-state index in [1.807, 2.05) is 30.3 Å². The molecule has 4 aromatic rings. The second kappa shape index (κ2) is 9.83. The van der Waals surface area contributed by atoms with Crippen LogP contribution in [-0.2, 0) is 0 Å². The van der Waals surface area contributed by atoms with Crippen molar-refractivity contribution >= 4 is 40.0 Å². The summed E-state index contributed by atoms with van der Waals surface area (Å²) in [5, 5.41) is 5.93. The zero-order valence-electron chi connectivity index (χ0n) is 18.7. The van der Waals surface area contributed by atoms with E-state index in [0.29, 0.717) is 23.1 Å². The van der Waals surface area contributed by atoms with Crippen molar-refractivity contribution in [1.82, 2.24) is 10.3 Å². The van der Waals surface area contributed by atoms with Gasteiger partial charge in [0.1, 0.15) is 11.3 Å². The second-order valence-electron chi connectivity index (χ2n) is 7.77. The van der Waals surface area contributed by atoms with Gasteiger partial charge in [-0.25, -0.2) is 4.98 Å². The topological polar surface area (TPSA) is 76.4 Å². The number of ether oxygens (including phenoxy) is 1. The predicted octanol–water partition coefficient (Wildman–Crippen LogP) is 6.14. The molecule has 7 heteroatoms. The summed E-state index contributed by atoms with van der Waals surface area (Å²) in [4.78, 5) is 17.1. The third kappa shape index (κ3) is 5.21. The van der Waals surface area contributed by atoms with Gasteiger partial charge in [0, 0.05) is 16.8 Å². The molecule has 33 heavy (non-hydrogen) atoms. The number of benzene rings is 3. The molecule has 0 spiro atoms. The van der Waals surface area contributed by atoms with Crippen LogP contribution in [-0.4, -0.2) is 23.1 Å². The van der Waals surface area contributed by atoms with Gasteiger partial charge in [-0.2, -0.15) is 0 Å². The number of carbonyl (C=O) groups excluding carboxylic acids is 1. The van der Waals surface area contributed by atoms with Gasteiger partial charge >= 0.3 is 0 Å². The Morgan fingerprint density at radius 2 is 1.91 bits per heavy atom. The first-order valence-electron chi connectivity index (χ1n) is 10.7. The fourth-order valence-electron chi connectivity index (χ4n) is 3.42. The first-order valence-corrected chi connectivity index (χ1v) is 11.1. The Labute approximate surface area is 198 Å². The van der Waals surface area contributed by atoms with Gasteiger partial charge in [0.05, 0.1) is 7.11 Å². The minimum absolute atomic E-state index is 0.198.